The minimum absolute atomic E-state index is 0.111. The molecule has 0 bridgehead atoms. The molecule has 1 aromatic carbocycles. The lowest BCUT2D eigenvalue weighted by atomic mass is 9.91. The van der Waals surface area contributed by atoms with Gasteiger partial charge in [-0.2, -0.15) is 8.78 Å². The van der Waals surface area contributed by atoms with Crippen molar-refractivity contribution < 1.29 is 23.5 Å². The van der Waals surface area contributed by atoms with Gasteiger partial charge in [-0.3, -0.25) is 4.79 Å². The summed E-state index contributed by atoms with van der Waals surface area (Å²) < 4.78 is 24.5. The van der Waals surface area contributed by atoms with Crippen molar-refractivity contribution in [2.45, 2.75) is 24.0 Å². The molecule has 1 fully saturated rings. The molecule has 1 aliphatic heterocycles. The normalized spacial score (nSPS) is 21.3. The second-order valence-electron chi connectivity index (χ2n) is 5.61. The van der Waals surface area contributed by atoms with Crippen LogP contribution in [0.1, 0.15) is 13.3 Å². The van der Waals surface area contributed by atoms with Crippen LogP contribution in [-0.2, 0) is 4.79 Å². The number of likely N-dealkylation sites (tertiary alicyclic amines) is 1. The van der Waals surface area contributed by atoms with Gasteiger partial charge in [0.2, 0.25) is 0 Å². The van der Waals surface area contributed by atoms with Crippen molar-refractivity contribution in [3.8, 4) is 0 Å². The van der Waals surface area contributed by atoms with Crippen molar-refractivity contribution in [3.63, 3.8) is 0 Å². The molecule has 2 rings (SSSR count). The molecule has 5 nitrogen and oxygen atoms in total. The molecule has 2 N–H and O–H groups in total. The zero-order valence-corrected chi connectivity index (χ0v) is 13.4. The zero-order valence-electron chi connectivity index (χ0n) is 12.5. The summed E-state index contributed by atoms with van der Waals surface area (Å²) in [5, 5.41) is 11.8. The van der Waals surface area contributed by atoms with Crippen molar-refractivity contribution in [2.24, 2.45) is 11.8 Å². The van der Waals surface area contributed by atoms with Crippen LogP contribution in [0.25, 0.3) is 0 Å². The standard InChI is InChI=1S/C15H18F2N2O3S/c1-9-6-10(13(20)21)8-19(7-9)15(22)18-11-2-4-12(5-3-11)23-14(16)17/h2-5,9-10,14H,6-8H2,1H3,(H,18,22)(H,20,21). The molecule has 1 aliphatic rings. The average molecular weight is 344 g/mol. The van der Waals surface area contributed by atoms with Crippen molar-refractivity contribution >= 4 is 29.4 Å². The first-order chi connectivity index (χ1) is 10.8. The van der Waals surface area contributed by atoms with E-state index in [9.17, 15) is 18.4 Å². The second kappa shape index (κ2) is 7.63. The Hall–Kier alpha value is -1.83. The summed E-state index contributed by atoms with van der Waals surface area (Å²) in [6, 6.07) is 5.73. The lowest BCUT2D eigenvalue weighted by Gasteiger charge is -2.34. The number of anilines is 1. The highest BCUT2D eigenvalue weighted by molar-refractivity contribution is 7.99. The maximum absolute atomic E-state index is 12.3. The monoisotopic (exact) mass is 344 g/mol. The maximum Gasteiger partial charge on any atom is 0.321 e. The summed E-state index contributed by atoms with van der Waals surface area (Å²) in [6.45, 7) is 2.57. The number of halogens is 2. The quantitative estimate of drug-likeness (QED) is 0.819. The number of nitrogens with zero attached hydrogens (tertiary/aromatic N) is 1. The van der Waals surface area contributed by atoms with E-state index in [0.717, 1.165) is 0 Å². The molecule has 2 amide bonds. The number of rotatable bonds is 4. The number of aliphatic carboxylic acids is 1. The predicted octanol–water partition coefficient (Wildman–Crippen LogP) is 3.58. The molecule has 2 atom stereocenters. The predicted molar refractivity (Wildman–Crippen MR) is 83.8 cm³/mol. The molecule has 2 unspecified atom stereocenters. The Morgan fingerprint density at radius 1 is 1.30 bits per heavy atom. The van der Waals surface area contributed by atoms with Gasteiger partial charge in [-0.15, -0.1) is 0 Å². The number of alkyl halides is 2. The van der Waals surface area contributed by atoms with Crippen LogP contribution in [0.4, 0.5) is 19.3 Å². The Bertz CT molecular complexity index is 568. The van der Waals surface area contributed by atoms with Crippen LogP contribution < -0.4 is 5.32 Å². The van der Waals surface area contributed by atoms with Crippen molar-refractivity contribution in [2.75, 3.05) is 18.4 Å². The Morgan fingerprint density at radius 3 is 2.52 bits per heavy atom. The molecule has 0 radical (unpaired) electrons. The van der Waals surface area contributed by atoms with Crippen LogP contribution in [0.2, 0.25) is 0 Å². The summed E-state index contributed by atoms with van der Waals surface area (Å²) in [6.07, 6.45) is 0.554. The van der Waals surface area contributed by atoms with E-state index in [1.165, 1.54) is 17.0 Å². The van der Waals surface area contributed by atoms with Gasteiger partial charge in [0.25, 0.3) is 5.76 Å². The molecule has 1 saturated heterocycles. The topological polar surface area (TPSA) is 69.6 Å². The van der Waals surface area contributed by atoms with Crippen molar-refractivity contribution in [3.05, 3.63) is 24.3 Å². The minimum atomic E-state index is -2.49. The largest absolute Gasteiger partial charge is 0.481 e. The zero-order chi connectivity index (χ0) is 17.0. The molecule has 0 saturated carbocycles. The third-order valence-electron chi connectivity index (χ3n) is 3.63. The summed E-state index contributed by atoms with van der Waals surface area (Å²) in [5.41, 5.74) is 0.485. The number of nitrogens with one attached hydrogen (secondary N) is 1. The Balaban J connectivity index is 1.96. The van der Waals surface area contributed by atoms with E-state index >= 15 is 0 Å². The van der Waals surface area contributed by atoms with Gasteiger partial charge in [-0.1, -0.05) is 18.7 Å². The third-order valence-corrected chi connectivity index (χ3v) is 4.35. The second-order valence-corrected chi connectivity index (χ2v) is 6.68. The first kappa shape index (κ1) is 17.5. The first-order valence-corrected chi connectivity index (χ1v) is 8.06. The van der Waals surface area contributed by atoms with Gasteiger partial charge in [0, 0.05) is 23.7 Å². The third kappa shape index (κ3) is 5.09. The number of carbonyl (C=O) groups excluding carboxylic acids is 1. The number of carbonyl (C=O) groups is 2. The summed E-state index contributed by atoms with van der Waals surface area (Å²) >= 11 is 0.436. The fraction of sp³-hybridized carbons (Fsp3) is 0.467. The van der Waals surface area contributed by atoms with Gasteiger partial charge in [0.1, 0.15) is 0 Å². The Morgan fingerprint density at radius 2 is 1.96 bits per heavy atom. The van der Waals surface area contributed by atoms with Crippen LogP contribution in [0.3, 0.4) is 0 Å². The van der Waals surface area contributed by atoms with E-state index in [2.05, 4.69) is 5.32 Å². The number of urea groups is 1. The molecule has 1 heterocycles. The number of carboxylic acids is 1. The van der Waals surface area contributed by atoms with Gasteiger partial charge >= 0.3 is 12.0 Å². The summed E-state index contributed by atoms with van der Waals surface area (Å²) in [7, 11) is 0. The lowest BCUT2D eigenvalue weighted by molar-refractivity contribution is -0.143. The van der Waals surface area contributed by atoms with Crippen LogP contribution >= 0.6 is 11.8 Å². The number of hydrogen-bond acceptors (Lipinski definition) is 3. The highest BCUT2D eigenvalue weighted by Crippen LogP contribution is 2.27. The maximum atomic E-state index is 12.3. The first-order valence-electron chi connectivity index (χ1n) is 7.18. The number of thioether (sulfide) groups is 1. The van der Waals surface area contributed by atoms with E-state index < -0.39 is 17.6 Å². The number of carboxylic acid groups (broad SMARTS) is 1. The molecule has 23 heavy (non-hydrogen) atoms. The Kier molecular flexibility index (Phi) is 5.81. The summed E-state index contributed by atoms with van der Waals surface area (Å²) in [4.78, 5) is 25.3. The van der Waals surface area contributed by atoms with E-state index in [0.29, 0.717) is 35.3 Å². The average Bonchev–Trinajstić information content (AvgIpc) is 2.48. The van der Waals surface area contributed by atoms with Crippen molar-refractivity contribution in [1.29, 1.82) is 0 Å². The van der Waals surface area contributed by atoms with E-state index in [-0.39, 0.29) is 18.5 Å². The lowest BCUT2D eigenvalue weighted by Crippen LogP contribution is -2.47. The van der Waals surface area contributed by atoms with Gasteiger partial charge < -0.3 is 15.3 Å². The molecule has 8 heteroatoms. The van der Waals surface area contributed by atoms with Crippen LogP contribution in [0, 0.1) is 11.8 Å². The van der Waals surface area contributed by atoms with Gasteiger partial charge in [-0.25, -0.2) is 4.79 Å². The Labute approximate surface area is 137 Å². The molecule has 1 aromatic rings. The molecular formula is C15H18F2N2O3S. The molecule has 126 valence electrons. The van der Waals surface area contributed by atoms with E-state index in [1.54, 1.807) is 12.1 Å². The SMILES string of the molecule is CC1CC(C(=O)O)CN(C(=O)Nc2ccc(SC(F)F)cc2)C1. The fourth-order valence-corrected chi connectivity index (χ4v) is 3.12. The van der Waals surface area contributed by atoms with Gasteiger partial charge in [0.05, 0.1) is 5.92 Å². The molecular weight excluding hydrogens is 326 g/mol. The van der Waals surface area contributed by atoms with Crippen LogP contribution in [0.15, 0.2) is 29.2 Å². The number of piperidine rings is 1. The smallest absolute Gasteiger partial charge is 0.321 e. The van der Waals surface area contributed by atoms with E-state index in [1.807, 2.05) is 6.92 Å². The minimum Gasteiger partial charge on any atom is -0.481 e. The van der Waals surface area contributed by atoms with E-state index in [4.69, 9.17) is 5.11 Å². The summed E-state index contributed by atoms with van der Waals surface area (Å²) in [5.74, 6) is -3.84. The molecule has 0 spiro atoms. The van der Waals surface area contributed by atoms with Crippen LogP contribution in [0.5, 0.6) is 0 Å². The number of amides is 2. The number of benzene rings is 1. The number of hydrogen-bond donors (Lipinski definition) is 2. The fourth-order valence-electron chi connectivity index (χ4n) is 2.62. The van der Waals surface area contributed by atoms with Crippen LogP contribution in [-0.4, -0.2) is 40.9 Å². The van der Waals surface area contributed by atoms with Gasteiger partial charge in [-0.05, 0) is 36.6 Å². The van der Waals surface area contributed by atoms with Crippen molar-refractivity contribution in [1.82, 2.24) is 4.90 Å². The highest BCUT2D eigenvalue weighted by atomic mass is 32.2. The van der Waals surface area contributed by atoms with Gasteiger partial charge in [0.15, 0.2) is 0 Å². The highest BCUT2D eigenvalue weighted by Gasteiger charge is 2.31. The molecule has 0 aromatic heterocycles. The molecule has 0 aliphatic carbocycles.